The summed E-state index contributed by atoms with van der Waals surface area (Å²) in [4.78, 5) is 12.5. The van der Waals surface area contributed by atoms with E-state index in [4.69, 9.17) is 21.1 Å². The monoisotopic (exact) mass is 357 g/mol. The number of hydrogen-bond donors (Lipinski definition) is 2. The Labute approximate surface area is 149 Å². The smallest absolute Gasteiger partial charge is 0.273 e. The molecule has 0 atom stereocenters. The Hall–Kier alpha value is -2.99. The lowest BCUT2D eigenvalue weighted by atomic mass is 10.1. The number of aromatic amines is 1. The highest BCUT2D eigenvalue weighted by molar-refractivity contribution is 6.31. The van der Waals surface area contributed by atoms with Crippen molar-refractivity contribution in [1.82, 2.24) is 10.2 Å². The van der Waals surface area contributed by atoms with Gasteiger partial charge in [0.2, 0.25) is 0 Å². The Bertz CT molecular complexity index is 908. The molecule has 128 valence electrons. The van der Waals surface area contributed by atoms with Crippen LogP contribution in [0.15, 0.2) is 48.5 Å². The molecule has 25 heavy (non-hydrogen) atoms. The average molecular weight is 358 g/mol. The van der Waals surface area contributed by atoms with E-state index in [0.717, 1.165) is 11.3 Å². The number of anilines is 1. The van der Waals surface area contributed by atoms with Crippen LogP contribution in [0.2, 0.25) is 5.02 Å². The third-order valence-electron chi connectivity index (χ3n) is 3.60. The maximum atomic E-state index is 12.5. The number of aromatic nitrogens is 2. The molecule has 2 N–H and O–H groups in total. The van der Waals surface area contributed by atoms with Crippen LogP contribution in [0.1, 0.15) is 10.5 Å². The minimum atomic E-state index is -0.345. The number of nitrogens with zero attached hydrogens (tertiary/aromatic N) is 1. The quantitative estimate of drug-likeness (QED) is 0.723. The van der Waals surface area contributed by atoms with E-state index in [1.807, 2.05) is 24.3 Å². The summed E-state index contributed by atoms with van der Waals surface area (Å²) in [5.74, 6) is 0.891. The standard InChI is InChI=1S/C18H16ClN3O3/c1-24-13-5-3-4-11(8-13)14-10-16(22-21-14)18(23)20-15-9-12(19)6-7-17(15)25-2/h3-10H,1-2H3,(H,20,23)(H,21,22). The van der Waals surface area contributed by atoms with Crippen molar-refractivity contribution in [2.75, 3.05) is 19.5 Å². The number of methoxy groups -OCH3 is 2. The predicted octanol–water partition coefficient (Wildman–Crippen LogP) is 4.00. The van der Waals surface area contributed by atoms with Crippen molar-refractivity contribution in [2.24, 2.45) is 0 Å². The van der Waals surface area contributed by atoms with Gasteiger partial charge >= 0.3 is 0 Å². The molecule has 0 unspecified atom stereocenters. The normalized spacial score (nSPS) is 10.4. The lowest BCUT2D eigenvalue weighted by Crippen LogP contribution is -2.13. The molecule has 0 bridgehead atoms. The highest BCUT2D eigenvalue weighted by atomic mass is 35.5. The average Bonchev–Trinajstić information content (AvgIpc) is 3.12. The molecule has 0 fully saturated rings. The molecule has 0 radical (unpaired) electrons. The third kappa shape index (κ3) is 3.75. The van der Waals surface area contributed by atoms with Crippen molar-refractivity contribution in [2.45, 2.75) is 0 Å². The fourth-order valence-electron chi connectivity index (χ4n) is 2.34. The number of amides is 1. The molecule has 3 aromatic rings. The minimum absolute atomic E-state index is 0.319. The van der Waals surface area contributed by atoms with Gasteiger partial charge in [-0.05, 0) is 36.4 Å². The van der Waals surface area contributed by atoms with E-state index in [1.165, 1.54) is 7.11 Å². The Balaban J connectivity index is 1.82. The topological polar surface area (TPSA) is 76.2 Å². The van der Waals surface area contributed by atoms with Crippen LogP contribution in [0.3, 0.4) is 0 Å². The lowest BCUT2D eigenvalue weighted by molar-refractivity contribution is 0.102. The van der Waals surface area contributed by atoms with Gasteiger partial charge in [0, 0.05) is 10.6 Å². The summed E-state index contributed by atoms with van der Waals surface area (Å²) < 4.78 is 10.4. The van der Waals surface area contributed by atoms with Crippen molar-refractivity contribution in [3.8, 4) is 22.8 Å². The second kappa shape index (κ2) is 7.27. The first-order valence-corrected chi connectivity index (χ1v) is 7.83. The first-order valence-electron chi connectivity index (χ1n) is 7.45. The van der Waals surface area contributed by atoms with E-state index in [1.54, 1.807) is 31.4 Å². The molecule has 0 saturated heterocycles. The summed E-state index contributed by atoms with van der Waals surface area (Å²) in [6.45, 7) is 0. The van der Waals surface area contributed by atoms with Gasteiger partial charge in [0.1, 0.15) is 17.2 Å². The van der Waals surface area contributed by atoms with Crippen LogP contribution >= 0.6 is 11.6 Å². The van der Waals surface area contributed by atoms with Crippen LogP contribution in [-0.4, -0.2) is 30.3 Å². The fraction of sp³-hybridized carbons (Fsp3) is 0.111. The number of halogens is 1. The van der Waals surface area contributed by atoms with Gasteiger partial charge in [0.05, 0.1) is 25.6 Å². The molecule has 3 rings (SSSR count). The zero-order valence-electron chi connectivity index (χ0n) is 13.7. The maximum absolute atomic E-state index is 12.5. The van der Waals surface area contributed by atoms with Gasteiger partial charge < -0.3 is 14.8 Å². The summed E-state index contributed by atoms with van der Waals surface area (Å²) >= 11 is 5.98. The van der Waals surface area contributed by atoms with Crippen LogP contribution in [-0.2, 0) is 0 Å². The number of carbonyl (C=O) groups excluding carboxylic acids is 1. The van der Waals surface area contributed by atoms with E-state index in [-0.39, 0.29) is 5.91 Å². The third-order valence-corrected chi connectivity index (χ3v) is 3.83. The molecule has 0 spiro atoms. The second-order valence-electron chi connectivity index (χ2n) is 5.20. The van der Waals surface area contributed by atoms with Gasteiger partial charge in [-0.15, -0.1) is 0 Å². The fourth-order valence-corrected chi connectivity index (χ4v) is 2.51. The second-order valence-corrected chi connectivity index (χ2v) is 5.63. The Morgan fingerprint density at radius 2 is 1.96 bits per heavy atom. The molecule has 6 nitrogen and oxygen atoms in total. The van der Waals surface area contributed by atoms with E-state index in [9.17, 15) is 4.79 Å². The van der Waals surface area contributed by atoms with Crippen LogP contribution in [0.25, 0.3) is 11.3 Å². The number of hydrogen-bond acceptors (Lipinski definition) is 4. The van der Waals surface area contributed by atoms with Crippen LogP contribution in [0.5, 0.6) is 11.5 Å². The summed E-state index contributed by atoms with van der Waals surface area (Å²) in [5.41, 5.74) is 2.29. The van der Waals surface area contributed by atoms with Crippen molar-refractivity contribution < 1.29 is 14.3 Å². The number of carbonyl (C=O) groups is 1. The summed E-state index contributed by atoms with van der Waals surface area (Å²) in [6, 6.07) is 14.1. The number of benzene rings is 2. The number of nitrogens with one attached hydrogen (secondary N) is 2. The van der Waals surface area contributed by atoms with Crippen LogP contribution < -0.4 is 14.8 Å². The van der Waals surface area contributed by atoms with Gasteiger partial charge in [0.25, 0.3) is 5.91 Å². The summed E-state index contributed by atoms with van der Waals surface area (Å²) in [6.07, 6.45) is 0. The highest BCUT2D eigenvalue weighted by Gasteiger charge is 2.14. The van der Waals surface area contributed by atoms with Crippen molar-refractivity contribution in [3.05, 3.63) is 59.2 Å². The van der Waals surface area contributed by atoms with Crippen molar-refractivity contribution >= 4 is 23.2 Å². The molecular formula is C18H16ClN3O3. The lowest BCUT2D eigenvalue weighted by Gasteiger charge is -2.09. The van der Waals surface area contributed by atoms with Crippen molar-refractivity contribution in [1.29, 1.82) is 0 Å². The number of H-pyrrole nitrogens is 1. The molecule has 1 amide bonds. The van der Waals surface area contributed by atoms with Gasteiger partial charge in [-0.2, -0.15) is 5.10 Å². The van der Waals surface area contributed by atoms with Gasteiger partial charge in [-0.3, -0.25) is 9.89 Å². The zero-order valence-corrected chi connectivity index (χ0v) is 14.4. The Morgan fingerprint density at radius 1 is 1.12 bits per heavy atom. The van der Waals surface area contributed by atoms with Gasteiger partial charge in [0.15, 0.2) is 0 Å². The molecule has 0 aliphatic rings. The Kier molecular flexibility index (Phi) is 4.90. The predicted molar refractivity (Wildman–Crippen MR) is 96.5 cm³/mol. The minimum Gasteiger partial charge on any atom is -0.497 e. The molecule has 7 heteroatoms. The first kappa shape index (κ1) is 16.9. The zero-order chi connectivity index (χ0) is 17.8. The number of ether oxygens (including phenoxy) is 2. The molecule has 0 aliphatic carbocycles. The van der Waals surface area contributed by atoms with E-state index < -0.39 is 0 Å². The van der Waals surface area contributed by atoms with E-state index >= 15 is 0 Å². The molecule has 1 aromatic heterocycles. The van der Waals surface area contributed by atoms with Crippen LogP contribution in [0, 0.1) is 0 Å². The van der Waals surface area contributed by atoms with Gasteiger partial charge in [-0.25, -0.2) is 0 Å². The largest absolute Gasteiger partial charge is 0.497 e. The van der Waals surface area contributed by atoms with E-state index in [0.29, 0.717) is 27.8 Å². The molecular weight excluding hydrogens is 342 g/mol. The SMILES string of the molecule is COc1cccc(-c2cc(C(=O)Nc3cc(Cl)ccc3OC)[nH]n2)c1. The summed E-state index contributed by atoms with van der Waals surface area (Å²) in [5, 5.41) is 10.2. The highest BCUT2D eigenvalue weighted by Crippen LogP contribution is 2.28. The number of rotatable bonds is 5. The molecule has 1 heterocycles. The maximum Gasteiger partial charge on any atom is 0.273 e. The first-order chi connectivity index (χ1) is 12.1. The Morgan fingerprint density at radius 3 is 2.72 bits per heavy atom. The summed E-state index contributed by atoms with van der Waals surface area (Å²) in [7, 11) is 3.12. The molecule has 0 aliphatic heterocycles. The van der Waals surface area contributed by atoms with E-state index in [2.05, 4.69) is 15.5 Å². The molecule has 2 aromatic carbocycles. The molecule has 0 saturated carbocycles. The van der Waals surface area contributed by atoms with Crippen LogP contribution in [0.4, 0.5) is 5.69 Å². The van der Waals surface area contributed by atoms with Crippen molar-refractivity contribution in [3.63, 3.8) is 0 Å². The van der Waals surface area contributed by atoms with Gasteiger partial charge in [-0.1, -0.05) is 23.7 Å².